The standard InChI is InChI=1S/C17H15N3O5/c1-11(12-5-3-2-4-6-12)18-16(21)10-19-14-8-7-13(20(23)24)9-15(14)25-17(19)22/h2-9,11H,10H2,1H3,(H,18,21)/t11-/m1/s1. The molecule has 0 saturated carbocycles. The van der Waals surface area contributed by atoms with Crippen LogP contribution in [0.5, 0.6) is 0 Å². The number of hydrogen-bond donors (Lipinski definition) is 1. The lowest BCUT2D eigenvalue weighted by atomic mass is 10.1. The third-order valence-electron chi connectivity index (χ3n) is 3.84. The van der Waals surface area contributed by atoms with Crippen molar-refractivity contribution in [3.63, 3.8) is 0 Å². The fourth-order valence-corrected chi connectivity index (χ4v) is 2.57. The summed E-state index contributed by atoms with van der Waals surface area (Å²) >= 11 is 0. The minimum Gasteiger partial charge on any atom is -0.407 e. The van der Waals surface area contributed by atoms with E-state index >= 15 is 0 Å². The molecule has 3 aromatic rings. The summed E-state index contributed by atoms with van der Waals surface area (Å²) in [6.45, 7) is 1.60. The molecular formula is C17H15N3O5. The van der Waals surface area contributed by atoms with Crippen molar-refractivity contribution in [2.24, 2.45) is 0 Å². The van der Waals surface area contributed by atoms with Gasteiger partial charge < -0.3 is 9.73 Å². The third kappa shape index (κ3) is 3.42. The number of nitrogens with zero attached hydrogens (tertiary/aromatic N) is 2. The van der Waals surface area contributed by atoms with Gasteiger partial charge in [0.25, 0.3) is 5.69 Å². The molecule has 0 aliphatic rings. The van der Waals surface area contributed by atoms with Crippen LogP contribution in [0.3, 0.4) is 0 Å². The maximum Gasteiger partial charge on any atom is 0.420 e. The van der Waals surface area contributed by atoms with Gasteiger partial charge in [-0.2, -0.15) is 0 Å². The van der Waals surface area contributed by atoms with E-state index in [4.69, 9.17) is 4.42 Å². The average Bonchev–Trinajstić information content (AvgIpc) is 2.90. The van der Waals surface area contributed by atoms with Gasteiger partial charge in [0.15, 0.2) is 5.58 Å². The van der Waals surface area contributed by atoms with E-state index in [-0.39, 0.29) is 29.8 Å². The lowest BCUT2D eigenvalue weighted by Gasteiger charge is -2.14. The number of benzene rings is 2. The second kappa shape index (κ2) is 6.60. The predicted octanol–water partition coefficient (Wildman–Crippen LogP) is 2.38. The molecule has 0 bridgehead atoms. The Balaban J connectivity index is 1.80. The highest BCUT2D eigenvalue weighted by Gasteiger charge is 2.17. The van der Waals surface area contributed by atoms with Crippen LogP contribution in [-0.2, 0) is 11.3 Å². The summed E-state index contributed by atoms with van der Waals surface area (Å²) in [5.74, 6) is -1.10. The largest absolute Gasteiger partial charge is 0.420 e. The second-order valence-electron chi connectivity index (χ2n) is 5.56. The monoisotopic (exact) mass is 341 g/mol. The van der Waals surface area contributed by atoms with Crippen molar-refractivity contribution in [1.82, 2.24) is 9.88 Å². The fourth-order valence-electron chi connectivity index (χ4n) is 2.57. The van der Waals surface area contributed by atoms with Crippen LogP contribution in [0.25, 0.3) is 11.1 Å². The van der Waals surface area contributed by atoms with Gasteiger partial charge in [-0.25, -0.2) is 4.79 Å². The summed E-state index contributed by atoms with van der Waals surface area (Å²) < 4.78 is 6.15. The van der Waals surface area contributed by atoms with Gasteiger partial charge in [0.1, 0.15) is 6.54 Å². The lowest BCUT2D eigenvalue weighted by molar-refractivity contribution is -0.384. The van der Waals surface area contributed by atoms with Crippen molar-refractivity contribution in [2.45, 2.75) is 19.5 Å². The molecule has 1 heterocycles. The summed E-state index contributed by atoms with van der Waals surface area (Å²) in [6, 6.07) is 13.0. The minimum atomic E-state index is -0.738. The molecule has 0 fully saturated rings. The highest BCUT2D eigenvalue weighted by Crippen LogP contribution is 2.20. The molecule has 25 heavy (non-hydrogen) atoms. The molecule has 8 nitrogen and oxygen atoms in total. The molecule has 2 aromatic carbocycles. The molecule has 1 N–H and O–H groups in total. The van der Waals surface area contributed by atoms with Gasteiger partial charge in [-0.1, -0.05) is 30.3 Å². The van der Waals surface area contributed by atoms with E-state index in [1.54, 1.807) is 0 Å². The van der Waals surface area contributed by atoms with Crippen LogP contribution < -0.4 is 11.1 Å². The molecule has 0 radical (unpaired) electrons. The van der Waals surface area contributed by atoms with Crippen LogP contribution in [0, 0.1) is 10.1 Å². The highest BCUT2D eigenvalue weighted by atomic mass is 16.6. The number of rotatable bonds is 5. The van der Waals surface area contributed by atoms with Gasteiger partial charge in [-0.15, -0.1) is 0 Å². The molecule has 0 spiro atoms. The van der Waals surface area contributed by atoms with Crippen LogP contribution in [0.1, 0.15) is 18.5 Å². The molecule has 3 rings (SSSR count). The zero-order chi connectivity index (χ0) is 18.0. The van der Waals surface area contributed by atoms with Crippen LogP contribution in [0.4, 0.5) is 5.69 Å². The van der Waals surface area contributed by atoms with Crippen molar-refractivity contribution in [3.05, 3.63) is 74.8 Å². The Morgan fingerprint density at radius 3 is 2.68 bits per heavy atom. The smallest absolute Gasteiger partial charge is 0.407 e. The topological polar surface area (TPSA) is 107 Å². The summed E-state index contributed by atoms with van der Waals surface area (Å²) in [5, 5.41) is 13.6. The Bertz CT molecular complexity index is 990. The second-order valence-corrected chi connectivity index (χ2v) is 5.56. The predicted molar refractivity (Wildman–Crippen MR) is 90.1 cm³/mol. The van der Waals surface area contributed by atoms with Crippen LogP contribution in [0.15, 0.2) is 57.7 Å². The van der Waals surface area contributed by atoms with Gasteiger partial charge >= 0.3 is 5.76 Å². The van der Waals surface area contributed by atoms with E-state index in [0.717, 1.165) is 16.2 Å². The number of nitro benzene ring substituents is 1. The van der Waals surface area contributed by atoms with Crippen molar-refractivity contribution < 1.29 is 14.1 Å². The van der Waals surface area contributed by atoms with Crippen LogP contribution in [-0.4, -0.2) is 15.4 Å². The molecule has 8 heteroatoms. The number of nitro groups is 1. The first-order valence-electron chi connectivity index (χ1n) is 7.58. The molecule has 1 aromatic heterocycles. The Labute approximate surface area is 141 Å². The van der Waals surface area contributed by atoms with Crippen molar-refractivity contribution in [2.75, 3.05) is 0 Å². The fraction of sp³-hybridized carbons (Fsp3) is 0.176. The molecular weight excluding hydrogens is 326 g/mol. The van der Waals surface area contributed by atoms with Gasteiger partial charge in [-0.3, -0.25) is 19.5 Å². The summed E-state index contributed by atoms with van der Waals surface area (Å²) in [5.41, 5.74) is 1.16. The first-order valence-corrected chi connectivity index (χ1v) is 7.58. The van der Waals surface area contributed by atoms with Crippen molar-refractivity contribution in [3.8, 4) is 0 Å². The minimum absolute atomic E-state index is 0.0723. The zero-order valence-electron chi connectivity index (χ0n) is 13.3. The van der Waals surface area contributed by atoms with E-state index in [2.05, 4.69) is 5.32 Å². The number of non-ortho nitro benzene ring substituents is 1. The summed E-state index contributed by atoms with van der Waals surface area (Å²) in [4.78, 5) is 34.4. The van der Waals surface area contributed by atoms with E-state index in [0.29, 0.717) is 5.52 Å². The first kappa shape index (κ1) is 16.4. The average molecular weight is 341 g/mol. The SMILES string of the molecule is C[C@@H](NC(=O)Cn1c(=O)oc2cc([N+](=O)[O-])ccc21)c1ccccc1. The number of aromatic nitrogens is 1. The lowest BCUT2D eigenvalue weighted by Crippen LogP contribution is -2.32. The van der Waals surface area contributed by atoms with E-state index in [1.807, 2.05) is 37.3 Å². The molecule has 1 amide bonds. The van der Waals surface area contributed by atoms with E-state index < -0.39 is 10.7 Å². The Morgan fingerprint density at radius 1 is 1.28 bits per heavy atom. The number of carbonyl (C=O) groups is 1. The zero-order valence-corrected chi connectivity index (χ0v) is 13.3. The maximum absolute atomic E-state index is 12.2. The first-order chi connectivity index (χ1) is 12.0. The van der Waals surface area contributed by atoms with Crippen molar-refractivity contribution in [1.29, 1.82) is 0 Å². The molecule has 0 aliphatic carbocycles. The van der Waals surface area contributed by atoms with Gasteiger partial charge in [0.05, 0.1) is 22.5 Å². The molecule has 128 valence electrons. The number of nitrogens with one attached hydrogen (secondary N) is 1. The number of carbonyl (C=O) groups excluding carboxylic acids is 1. The Kier molecular flexibility index (Phi) is 4.34. The number of hydrogen-bond acceptors (Lipinski definition) is 5. The quantitative estimate of drug-likeness (QED) is 0.566. The number of amides is 1. The van der Waals surface area contributed by atoms with E-state index in [1.165, 1.54) is 12.1 Å². The Hall–Kier alpha value is -3.42. The summed E-state index contributed by atoms with van der Waals surface area (Å²) in [6.07, 6.45) is 0. The molecule has 0 aliphatic heterocycles. The Morgan fingerprint density at radius 2 is 2.00 bits per heavy atom. The maximum atomic E-state index is 12.2. The summed E-state index contributed by atoms with van der Waals surface area (Å²) in [7, 11) is 0. The van der Waals surface area contributed by atoms with Gasteiger partial charge in [-0.05, 0) is 18.6 Å². The highest BCUT2D eigenvalue weighted by molar-refractivity contribution is 5.80. The van der Waals surface area contributed by atoms with Crippen molar-refractivity contribution >= 4 is 22.7 Å². The number of oxazole rings is 1. The normalized spacial score (nSPS) is 12.0. The van der Waals surface area contributed by atoms with Crippen LogP contribution >= 0.6 is 0 Å². The van der Waals surface area contributed by atoms with Gasteiger partial charge in [0, 0.05) is 6.07 Å². The number of fused-ring (bicyclic) bond motifs is 1. The molecule has 1 atom stereocenters. The van der Waals surface area contributed by atoms with Gasteiger partial charge in [0.2, 0.25) is 5.91 Å². The van der Waals surface area contributed by atoms with E-state index in [9.17, 15) is 19.7 Å². The third-order valence-corrected chi connectivity index (χ3v) is 3.84. The molecule has 0 unspecified atom stereocenters. The molecule has 0 saturated heterocycles. The van der Waals surface area contributed by atoms with Crippen LogP contribution in [0.2, 0.25) is 0 Å².